The predicted octanol–water partition coefficient (Wildman–Crippen LogP) is 2.60. The first kappa shape index (κ1) is 15.8. The Kier molecular flexibility index (Phi) is 5.62. The molecule has 1 saturated heterocycles. The number of amides is 1. The maximum absolute atomic E-state index is 12.1. The van der Waals surface area contributed by atoms with Gasteiger partial charge in [-0.3, -0.25) is 4.79 Å². The third kappa shape index (κ3) is 3.97. The molecule has 1 amide bonds. The summed E-state index contributed by atoms with van der Waals surface area (Å²) < 4.78 is 5.30. The fourth-order valence-corrected chi connectivity index (χ4v) is 2.92. The fraction of sp³-hybridized carbons (Fsp3) is 0.588. The number of nitrogens with one attached hydrogen (secondary N) is 1. The van der Waals surface area contributed by atoms with Gasteiger partial charge in [0, 0.05) is 19.5 Å². The smallest absolute Gasteiger partial charge is 0.222 e. The van der Waals surface area contributed by atoms with E-state index in [1.54, 1.807) is 7.11 Å². The normalized spacial score (nSPS) is 19.9. The van der Waals surface area contributed by atoms with Crippen molar-refractivity contribution in [2.75, 3.05) is 26.7 Å². The summed E-state index contributed by atoms with van der Waals surface area (Å²) in [6, 6.07) is 8.24. The lowest BCUT2D eigenvalue weighted by Gasteiger charge is -2.25. The molecule has 0 bridgehead atoms. The summed E-state index contributed by atoms with van der Waals surface area (Å²) in [5.74, 6) is 1.66. The van der Waals surface area contributed by atoms with Crippen molar-refractivity contribution in [2.24, 2.45) is 5.92 Å². The van der Waals surface area contributed by atoms with Crippen LogP contribution in [0.2, 0.25) is 0 Å². The Morgan fingerprint density at radius 3 is 2.86 bits per heavy atom. The van der Waals surface area contributed by atoms with Crippen molar-refractivity contribution in [1.29, 1.82) is 0 Å². The minimum atomic E-state index is 0.157. The van der Waals surface area contributed by atoms with Crippen LogP contribution in [0.25, 0.3) is 0 Å². The van der Waals surface area contributed by atoms with Crippen LogP contribution in [0.15, 0.2) is 24.3 Å². The molecule has 1 aliphatic heterocycles. The van der Waals surface area contributed by atoms with Gasteiger partial charge in [-0.2, -0.15) is 0 Å². The predicted molar refractivity (Wildman–Crippen MR) is 84.4 cm³/mol. The standard InChI is InChI=1S/C17H26N2O2/c1-4-13-9-17(20)19(11-13)12-16(18-5-2)14-7-6-8-15(10-14)21-3/h6-8,10,13,16,18H,4-5,9,11-12H2,1-3H3. The summed E-state index contributed by atoms with van der Waals surface area (Å²) in [5.41, 5.74) is 1.17. The summed E-state index contributed by atoms with van der Waals surface area (Å²) in [7, 11) is 1.68. The third-order valence-electron chi connectivity index (χ3n) is 4.22. The van der Waals surface area contributed by atoms with Crippen LogP contribution in [0.4, 0.5) is 0 Å². The lowest BCUT2D eigenvalue weighted by molar-refractivity contribution is -0.128. The van der Waals surface area contributed by atoms with Gasteiger partial charge in [0.1, 0.15) is 5.75 Å². The average molecular weight is 290 g/mol. The maximum atomic E-state index is 12.1. The Balaban J connectivity index is 2.10. The molecule has 0 spiro atoms. The summed E-state index contributed by atoms with van der Waals surface area (Å²) in [4.78, 5) is 14.1. The number of methoxy groups -OCH3 is 1. The monoisotopic (exact) mass is 290 g/mol. The summed E-state index contributed by atoms with van der Waals surface area (Å²) in [5, 5.41) is 3.48. The number of likely N-dealkylation sites (tertiary alicyclic amines) is 1. The molecular weight excluding hydrogens is 264 g/mol. The van der Waals surface area contributed by atoms with E-state index in [0.717, 1.165) is 31.8 Å². The quantitative estimate of drug-likeness (QED) is 0.839. The highest BCUT2D eigenvalue weighted by molar-refractivity contribution is 5.78. The van der Waals surface area contributed by atoms with E-state index < -0.39 is 0 Å². The molecule has 1 heterocycles. The molecule has 1 N–H and O–H groups in total. The molecule has 1 fully saturated rings. The van der Waals surface area contributed by atoms with Crippen LogP contribution >= 0.6 is 0 Å². The van der Waals surface area contributed by atoms with E-state index >= 15 is 0 Å². The number of carbonyl (C=O) groups excluding carboxylic acids is 1. The lowest BCUT2D eigenvalue weighted by Crippen LogP contribution is -2.36. The zero-order chi connectivity index (χ0) is 15.2. The Bertz CT molecular complexity index is 476. The summed E-state index contributed by atoms with van der Waals surface area (Å²) in [6.07, 6.45) is 1.78. The van der Waals surface area contributed by atoms with Gasteiger partial charge < -0.3 is 15.0 Å². The van der Waals surface area contributed by atoms with E-state index in [0.29, 0.717) is 12.3 Å². The number of benzene rings is 1. The molecule has 0 saturated carbocycles. The molecule has 2 atom stereocenters. The van der Waals surface area contributed by atoms with Gasteiger partial charge in [0.25, 0.3) is 0 Å². The first-order valence-electron chi connectivity index (χ1n) is 7.83. The molecule has 21 heavy (non-hydrogen) atoms. The fourth-order valence-electron chi connectivity index (χ4n) is 2.92. The number of nitrogens with zero attached hydrogens (tertiary/aromatic N) is 1. The van der Waals surface area contributed by atoms with Crippen LogP contribution in [0.5, 0.6) is 5.75 Å². The van der Waals surface area contributed by atoms with Gasteiger partial charge in [-0.1, -0.05) is 32.4 Å². The van der Waals surface area contributed by atoms with Crippen LogP contribution in [-0.2, 0) is 4.79 Å². The minimum absolute atomic E-state index is 0.157. The third-order valence-corrected chi connectivity index (χ3v) is 4.22. The first-order valence-corrected chi connectivity index (χ1v) is 7.83. The lowest BCUT2D eigenvalue weighted by atomic mass is 10.1. The van der Waals surface area contributed by atoms with Gasteiger partial charge in [0.15, 0.2) is 0 Å². The molecule has 4 heteroatoms. The van der Waals surface area contributed by atoms with Crippen LogP contribution in [0.3, 0.4) is 0 Å². The molecule has 1 aromatic rings. The Morgan fingerprint density at radius 1 is 1.43 bits per heavy atom. The number of hydrogen-bond acceptors (Lipinski definition) is 3. The van der Waals surface area contributed by atoms with Gasteiger partial charge in [0.2, 0.25) is 5.91 Å². The van der Waals surface area contributed by atoms with Crippen molar-refractivity contribution < 1.29 is 9.53 Å². The number of carbonyl (C=O) groups is 1. The molecule has 4 nitrogen and oxygen atoms in total. The van der Waals surface area contributed by atoms with Crippen molar-refractivity contribution in [3.63, 3.8) is 0 Å². The van der Waals surface area contributed by atoms with E-state index in [1.807, 2.05) is 23.1 Å². The highest BCUT2D eigenvalue weighted by atomic mass is 16.5. The number of rotatable bonds is 7. The second kappa shape index (κ2) is 7.46. The average Bonchev–Trinajstić information content (AvgIpc) is 2.87. The highest BCUT2D eigenvalue weighted by Gasteiger charge is 2.30. The summed E-state index contributed by atoms with van der Waals surface area (Å²) in [6.45, 7) is 6.75. The SMILES string of the molecule is CCNC(CN1CC(CC)CC1=O)c1cccc(OC)c1. The maximum Gasteiger partial charge on any atom is 0.222 e. The Morgan fingerprint density at radius 2 is 2.24 bits per heavy atom. The molecule has 116 valence electrons. The first-order chi connectivity index (χ1) is 10.2. The zero-order valence-corrected chi connectivity index (χ0v) is 13.3. The molecule has 0 aliphatic carbocycles. The van der Waals surface area contributed by atoms with Crippen LogP contribution in [-0.4, -0.2) is 37.6 Å². The van der Waals surface area contributed by atoms with Gasteiger partial charge in [0.05, 0.1) is 13.2 Å². The van der Waals surface area contributed by atoms with Gasteiger partial charge in [-0.25, -0.2) is 0 Å². The van der Waals surface area contributed by atoms with Crippen LogP contribution in [0.1, 0.15) is 38.3 Å². The number of likely N-dealkylation sites (N-methyl/N-ethyl adjacent to an activating group) is 1. The largest absolute Gasteiger partial charge is 0.497 e. The topological polar surface area (TPSA) is 41.6 Å². The van der Waals surface area contributed by atoms with E-state index in [-0.39, 0.29) is 11.9 Å². The van der Waals surface area contributed by atoms with E-state index in [4.69, 9.17) is 4.74 Å². The Labute approximate surface area is 127 Å². The van der Waals surface area contributed by atoms with E-state index in [2.05, 4.69) is 25.2 Å². The molecule has 0 radical (unpaired) electrons. The van der Waals surface area contributed by atoms with E-state index in [9.17, 15) is 4.79 Å². The summed E-state index contributed by atoms with van der Waals surface area (Å²) >= 11 is 0. The molecule has 1 aliphatic rings. The van der Waals surface area contributed by atoms with Crippen molar-refractivity contribution in [3.05, 3.63) is 29.8 Å². The van der Waals surface area contributed by atoms with Gasteiger partial charge in [-0.05, 0) is 30.2 Å². The van der Waals surface area contributed by atoms with Crippen LogP contribution < -0.4 is 10.1 Å². The minimum Gasteiger partial charge on any atom is -0.497 e. The van der Waals surface area contributed by atoms with Crippen molar-refractivity contribution >= 4 is 5.91 Å². The highest BCUT2D eigenvalue weighted by Crippen LogP contribution is 2.25. The molecule has 0 aromatic heterocycles. The van der Waals surface area contributed by atoms with Gasteiger partial charge in [-0.15, -0.1) is 0 Å². The molecular formula is C17H26N2O2. The molecule has 2 unspecified atom stereocenters. The van der Waals surface area contributed by atoms with Gasteiger partial charge >= 0.3 is 0 Å². The second-order valence-electron chi connectivity index (χ2n) is 5.66. The zero-order valence-electron chi connectivity index (χ0n) is 13.3. The second-order valence-corrected chi connectivity index (χ2v) is 5.66. The molecule has 1 aromatic carbocycles. The molecule has 2 rings (SSSR count). The van der Waals surface area contributed by atoms with Crippen LogP contribution in [0, 0.1) is 5.92 Å². The van der Waals surface area contributed by atoms with E-state index in [1.165, 1.54) is 5.56 Å². The number of ether oxygens (including phenoxy) is 1. The Hall–Kier alpha value is -1.55. The van der Waals surface area contributed by atoms with Crippen molar-refractivity contribution in [1.82, 2.24) is 10.2 Å². The van der Waals surface area contributed by atoms with Crippen molar-refractivity contribution in [3.8, 4) is 5.75 Å². The van der Waals surface area contributed by atoms with Crippen molar-refractivity contribution in [2.45, 2.75) is 32.7 Å². The number of hydrogen-bond donors (Lipinski definition) is 1.